The summed E-state index contributed by atoms with van der Waals surface area (Å²) in [5, 5.41) is 20.2. The van der Waals surface area contributed by atoms with Crippen LogP contribution in [0, 0.1) is 11.8 Å². The van der Waals surface area contributed by atoms with Gasteiger partial charge in [-0.25, -0.2) is 0 Å². The van der Waals surface area contributed by atoms with Crippen LogP contribution in [0.2, 0.25) is 0 Å². The van der Waals surface area contributed by atoms with Crippen LogP contribution in [0.25, 0.3) is 0 Å². The Labute approximate surface area is 125 Å². The Hall–Kier alpha value is -0.860. The number of hydrogen-bond donors (Lipinski definition) is 2. The van der Waals surface area contributed by atoms with Crippen molar-refractivity contribution in [3.8, 4) is 11.8 Å². The van der Waals surface area contributed by atoms with Crippen LogP contribution in [0.1, 0.15) is 42.5 Å². The lowest BCUT2D eigenvalue weighted by atomic mass is 9.94. The maximum absolute atomic E-state index is 9.31. The van der Waals surface area contributed by atoms with E-state index in [0.29, 0.717) is 6.04 Å². The molecule has 0 aliphatic heterocycles. The van der Waals surface area contributed by atoms with Crippen molar-refractivity contribution in [1.82, 2.24) is 4.90 Å². The molecular formula is C16H23NO2S. The zero-order valence-electron chi connectivity index (χ0n) is 11.8. The number of aliphatic hydroxyl groups excluding tert-OH is 2. The number of rotatable bonds is 5. The summed E-state index contributed by atoms with van der Waals surface area (Å²) in [6, 6.07) is 2.61. The highest BCUT2D eigenvalue weighted by atomic mass is 32.1. The molecule has 3 nitrogen and oxygen atoms in total. The smallest absolute Gasteiger partial charge is 0.104 e. The van der Waals surface area contributed by atoms with Crippen molar-refractivity contribution in [1.29, 1.82) is 0 Å². The molecule has 110 valence electrons. The van der Waals surface area contributed by atoms with Gasteiger partial charge in [0.25, 0.3) is 0 Å². The summed E-state index contributed by atoms with van der Waals surface area (Å²) < 4.78 is 0. The van der Waals surface area contributed by atoms with Crippen molar-refractivity contribution in [3.05, 3.63) is 21.9 Å². The van der Waals surface area contributed by atoms with E-state index in [2.05, 4.69) is 22.1 Å². The predicted molar refractivity (Wildman–Crippen MR) is 82.7 cm³/mol. The molecule has 2 rings (SSSR count). The Morgan fingerprint density at radius 1 is 1.25 bits per heavy atom. The van der Waals surface area contributed by atoms with Gasteiger partial charge < -0.3 is 10.2 Å². The van der Waals surface area contributed by atoms with Crippen molar-refractivity contribution in [2.24, 2.45) is 0 Å². The van der Waals surface area contributed by atoms with Gasteiger partial charge in [0.2, 0.25) is 0 Å². The number of thiophene rings is 1. The second-order valence-corrected chi connectivity index (χ2v) is 6.20. The maximum Gasteiger partial charge on any atom is 0.104 e. The van der Waals surface area contributed by atoms with Gasteiger partial charge in [0.1, 0.15) is 6.61 Å². The lowest BCUT2D eigenvalue weighted by Gasteiger charge is -2.33. The summed E-state index contributed by atoms with van der Waals surface area (Å²) in [4.78, 5) is 3.64. The Balaban J connectivity index is 2.05. The van der Waals surface area contributed by atoms with Crippen LogP contribution in [0.5, 0.6) is 0 Å². The molecule has 1 aromatic rings. The first kappa shape index (κ1) is 15.5. The summed E-state index contributed by atoms with van der Waals surface area (Å²) in [6.45, 7) is 1.70. The Morgan fingerprint density at radius 2 is 2.05 bits per heavy atom. The molecule has 0 bridgehead atoms. The molecule has 0 amide bonds. The summed E-state index contributed by atoms with van der Waals surface area (Å²) in [7, 11) is 0. The highest BCUT2D eigenvalue weighted by Gasteiger charge is 2.21. The Bertz CT molecular complexity index is 455. The molecule has 1 aromatic heterocycles. The number of hydrogen-bond acceptors (Lipinski definition) is 4. The lowest BCUT2D eigenvalue weighted by molar-refractivity contribution is 0.118. The number of aliphatic hydroxyl groups is 2. The van der Waals surface area contributed by atoms with Crippen LogP contribution >= 0.6 is 11.3 Å². The van der Waals surface area contributed by atoms with E-state index >= 15 is 0 Å². The van der Waals surface area contributed by atoms with Crippen molar-refractivity contribution < 1.29 is 10.2 Å². The fourth-order valence-electron chi connectivity index (χ4n) is 2.86. The molecule has 1 aliphatic carbocycles. The molecule has 1 saturated carbocycles. The van der Waals surface area contributed by atoms with Crippen molar-refractivity contribution in [3.63, 3.8) is 0 Å². The van der Waals surface area contributed by atoms with Gasteiger partial charge in [-0.05, 0) is 24.3 Å². The van der Waals surface area contributed by atoms with Crippen molar-refractivity contribution >= 4 is 11.3 Å². The van der Waals surface area contributed by atoms with Gasteiger partial charge in [-0.2, -0.15) is 0 Å². The molecule has 0 saturated heterocycles. The van der Waals surface area contributed by atoms with Crippen molar-refractivity contribution in [2.75, 3.05) is 19.8 Å². The van der Waals surface area contributed by atoms with Gasteiger partial charge in [0.15, 0.2) is 0 Å². The minimum Gasteiger partial charge on any atom is -0.395 e. The molecule has 0 unspecified atom stereocenters. The van der Waals surface area contributed by atoms with E-state index in [0.717, 1.165) is 18.7 Å². The predicted octanol–water partition coefficient (Wildman–Crippen LogP) is 2.22. The molecule has 4 heteroatoms. The van der Waals surface area contributed by atoms with Gasteiger partial charge in [-0.3, -0.25) is 4.90 Å². The molecule has 0 spiro atoms. The first-order chi connectivity index (χ1) is 9.85. The monoisotopic (exact) mass is 293 g/mol. The fraction of sp³-hybridized carbons (Fsp3) is 0.625. The molecule has 20 heavy (non-hydrogen) atoms. The van der Waals surface area contributed by atoms with Crippen molar-refractivity contribution in [2.45, 2.75) is 44.7 Å². The van der Waals surface area contributed by atoms with E-state index in [1.165, 1.54) is 37.0 Å². The summed E-state index contributed by atoms with van der Waals surface area (Å²) in [5.41, 5.74) is 1.02. The van der Waals surface area contributed by atoms with E-state index in [4.69, 9.17) is 5.11 Å². The van der Waals surface area contributed by atoms with Crippen LogP contribution in [0.3, 0.4) is 0 Å². The Morgan fingerprint density at radius 3 is 2.75 bits per heavy atom. The zero-order chi connectivity index (χ0) is 14.2. The van der Waals surface area contributed by atoms with Gasteiger partial charge in [0, 0.05) is 29.6 Å². The van der Waals surface area contributed by atoms with E-state index in [1.54, 1.807) is 11.3 Å². The lowest BCUT2D eigenvalue weighted by Crippen LogP contribution is -2.38. The van der Waals surface area contributed by atoms with E-state index in [-0.39, 0.29) is 13.2 Å². The van der Waals surface area contributed by atoms with Crippen LogP contribution < -0.4 is 0 Å². The Kier molecular flexibility index (Phi) is 6.55. The standard InChI is InChI=1S/C16H23NO2S/c18-10-4-5-14-8-12-20-16(14)13-17(9-11-19)15-6-2-1-3-7-15/h8,12,15,18-19H,1-3,6-7,9-11,13H2. The molecular weight excluding hydrogens is 270 g/mol. The third-order valence-electron chi connectivity index (χ3n) is 3.87. The second-order valence-electron chi connectivity index (χ2n) is 5.20. The highest BCUT2D eigenvalue weighted by Crippen LogP contribution is 2.26. The van der Waals surface area contributed by atoms with Crippen LogP contribution in [0.4, 0.5) is 0 Å². The third-order valence-corrected chi connectivity index (χ3v) is 4.78. The average Bonchev–Trinajstić information content (AvgIpc) is 2.93. The van der Waals surface area contributed by atoms with E-state index < -0.39 is 0 Å². The third kappa shape index (κ3) is 4.32. The topological polar surface area (TPSA) is 43.7 Å². The van der Waals surface area contributed by atoms with Gasteiger partial charge in [-0.15, -0.1) is 11.3 Å². The summed E-state index contributed by atoms with van der Waals surface area (Å²) in [6.07, 6.45) is 6.42. The minimum absolute atomic E-state index is 0.0989. The molecule has 1 fully saturated rings. The first-order valence-corrected chi connectivity index (χ1v) is 8.24. The fourth-order valence-corrected chi connectivity index (χ4v) is 3.71. The van der Waals surface area contributed by atoms with E-state index in [9.17, 15) is 5.11 Å². The quantitative estimate of drug-likeness (QED) is 0.818. The molecule has 1 heterocycles. The molecule has 0 atom stereocenters. The molecule has 2 N–H and O–H groups in total. The van der Waals surface area contributed by atoms with Crippen LogP contribution in [-0.4, -0.2) is 40.9 Å². The maximum atomic E-state index is 9.31. The first-order valence-electron chi connectivity index (χ1n) is 7.36. The SMILES string of the molecule is OCC#Cc1ccsc1CN(CCO)C1CCCCC1. The minimum atomic E-state index is -0.0989. The summed E-state index contributed by atoms with van der Waals surface area (Å²) >= 11 is 1.71. The molecule has 0 radical (unpaired) electrons. The normalized spacial score (nSPS) is 16.1. The van der Waals surface area contributed by atoms with E-state index in [1.807, 2.05) is 6.07 Å². The second kappa shape index (κ2) is 8.43. The average molecular weight is 293 g/mol. The van der Waals surface area contributed by atoms with Crippen LogP contribution in [0.15, 0.2) is 11.4 Å². The zero-order valence-corrected chi connectivity index (χ0v) is 12.7. The van der Waals surface area contributed by atoms with Crippen LogP contribution in [-0.2, 0) is 6.54 Å². The van der Waals surface area contributed by atoms with Gasteiger partial charge >= 0.3 is 0 Å². The molecule has 1 aliphatic rings. The van der Waals surface area contributed by atoms with Gasteiger partial charge in [-0.1, -0.05) is 31.1 Å². The largest absolute Gasteiger partial charge is 0.395 e. The summed E-state index contributed by atoms with van der Waals surface area (Å²) in [5.74, 6) is 5.73. The van der Waals surface area contributed by atoms with Gasteiger partial charge in [0.05, 0.1) is 6.61 Å². The number of nitrogens with zero attached hydrogens (tertiary/aromatic N) is 1. The molecule has 0 aromatic carbocycles. The highest BCUT2D eigenvalue weighted by molar-refractivity contribution is 7.10.